The molecule has 0 atom stereocenters. The number of H-pyrrole nitrogens is 1. The van der Waals surface area contributed by atoms with Crippen LogP contribution in [0.2, 0.25) is 0 Å². The second kappa shape index (κ2) is 5.44. The van der Waals surface area contributed by atoms with E-state index in [2.05, 4.69) is 52.8 Å². The summed E-state index contributed by atoms with van der Waals surface area (Å²) in [7, 11) is 0. The lowest BCUT2D eigenvalue weighted by Gasteiger charge is -2.20. The van der Waals surface area contributed by atoms with Crippen LogP contribution in [-0.4, -0.2) is 16.5 Å². The quantitative estimate of drug-likeness (QED) is 0.542. The first-order valence-corrected chi connectivity index (χ1v) is 9.38. The Labute approximate surface area is 143 Å². The van der Waals surface area contributed by atoms with Crippen molar-refractivity contribution in [1.82, 2.24) is 15.3 Å². The van der Waals surface area contributed by atoms with Crippen molar-refractivity contribution < 1.29 is 0 Å². The van der Waals surface area contributed by atoms with Gasteiger partial charge in [0, 0.05) is 44.7 Å². The number of nitrogens with one attached hydrogen (secondary N) is 2. The molecule has 5 rings (SSSR count). The molecule has 2 aliphatic rings. The molecule has 5 heteroatoms. The molecular formula is C18H15N3S2. The van der Waals surface area contributed by atoms with Crippen molar-refractivity contribution >= 4 is 23.5 Å². The number of hydrogen-bond acceptors (Lipinski definition) is 4. The SMILES string of the molecule is c1ccc2c(c1)Sc1cccc(-c3nc4c([nH]3)CNCC4)c1S2. The van der Waals surface area contributed by atoms with Gasteiger partial charge in [0.25, 0.3) is 0 Å². The van der Waals surface area contributed by atoms with Crippen LogP contribution in [0.15, 0.2) is 62.0 Å². The number of hydrogen-bond donors (Lipinski definition) is 2. The van der Waals surface area contributed by atoms with E-state index in [-0.39, 0.29) is 0 Å². The number of fused-ring (bicyclic) bond motifs is 3. The zero-order chi connectivity index (χ0) is 15.2. The molecule has 0 fully saturated rings. The van der Waals surface area contributed by atoms with Crippen molar-refractivity contribution in [3.05, 3.63) is 53.9 Å². The van der Waals surface area contributed by atoms with E-state index in [1.807, 2.05) is 23.5 Å². The van der Waals surface area contributed by atoms with Gasteiger partial charge in [-0.15, -0.1) is 0 Å². The molecule has 0 unspecified atom stereocenters. The fourth-order valence-electron chi connectivity index (χ4n) is 3.08. The van der Waals surface area contributed by atoms with Crippen LogP contribution in [0.3, 0.4) is 0 Å². The smallest absolute Gasteiger partial charge is 0.139 e. The average Bonchev–Trinajstić information content (AvgIpc) is 3.03. The van der Waals surface area contributed by atoms with E-state index in [4.69, 9.17) is 4.98 Å². The lowest BCUT2D eigenvalue weighted by atomic mass is 10.2. The lowest BCUT2D eigenvalue weighted by molar-refractivity contribution is 0.627. The summed E-state index contributed by atoms with van der Waals surface area (Å²) in [6.45, 7) is 1.91. The summed E-state index contributed by atoms with van der Waals surface area (Å²) in [5, 5.41) is 3.40. The first-order valence-electron chi connectivity index (χ1n) is 7.75. The molecule has 0 saturated heterocycles. The maximum Gasteiger partial charge on any atom is 0.139 e. The van der Waals surface area contributed by atoms with Crippen molar-refractivity contribution in [1.29, 1.82) is 0 Å². The van der Waals surface area contributed by atoms with Crippen LogP contribution in [0.5, 0.6) is 0 Å². The van der Waals surface area contributed by atoms with Crippen LogP contribution in [0.25, 0.3) is 11.4 Å². The summed E-state index contributed by atoms with van der Waals surface area (Å²) >= 11 is 3.70. The van der Waals surface area contributed by atoms with Gasteiger partial charge in [-0.2, -0.15) is 0 Å². The van der Waals surface area contributed by atoms with E-state index in [1.165, 1.54) is 36.5 Å². The van der Waals surface area contributed by atoms with Crippen LogP contribution in [0.1, 0.15) is 11.4 Å². The van der Waals surface area contributed by atoms with Gasteiger partial charge < -0.3 is 10.3 Å². The van der Waals surface area contributed by atoms with E-state index in [0.29, 0.717) is 0 Å². The molecule has 2 N–H and O–H groups in total. The lowest BCUT2D eigenvalue weighted by Crippen LogP contribution is -2.23. The molecule has 0 amide bonds. The fourth-order valence-corrected chi connectivity index (χ4v) is 5.46. The summed E-state index contributed by atoms with van der Waals surface area (Å²) in [6, 6.07) is 15.1. The Morgan fingerprint density at radius 1 is 0.913 bits per heavy atom. The first-order chi connectivity index (χ1) is 11.4. The summed E-state index contributed by atoms with van der Waals surface area (Å²) in [5.74, 6) is 1.00. The second-order valence-corrected chi connectivity index (χ2v) is 7.86. The van der Waals surface area contributed by atoms with Gasteiger partial charge in [0.2, 0.25) is 0 Å². The maximum absolute atomic E-state index is 4.87. The number of rotatable bonds is 1. The molecular weight excluding hydrogens is 322 g/mol. The van der Waals surface area contributed by atoms with Crippen molar-refractivity contribution in [3.8, 4) is 11.4 Å². The molecule has 3 heterocycles. The van der Waals surface area contributed by atoms with Gasteiger partial charge >= 0.3 is 0 Å². The molecule has 1 aromatic heterocycles. The Bertz CT molecular complexity index is 878. The molecule has 23 heavy (non-hydrogen) atoms. The van der Waals surface area contributed by atoms with E-state index in [9.17, 15) is 0 Å². The number of imidazole rings is 1. The summed E-state index contributed by atoms with van der Waals surface area (Å²) < 4.78 is 0. The predicted molar refractivity (Wildman–Crippen MR) is 94.1 cm³/mol. The van der Waals surface area contributed by atoms with Gasteiger partial charge in [-0.25, -0.2) is 4.98 Å². The van der Waals surface area contributed by atoms with Crippen molar-refractivity contribution in [2.45, 2.75) is 32.5 Å². The number of aromatic amines is 1. The zero-order valence-electron chi connectivity index (χ0n) is 12.4. The minimum Gasteiger partial charge on any atom is -0.341 e. The Morgan fingerprint density at radius 2 is 1.74 bits per heavy atom. The van der Waals surface area contributed by atoms with Crippen LogP contribution >= 0.6 is 23.5 Å². The zero-order valence-corrected chi connectivity index (χ0v) is 14.1. The van der Waals surface area contributed by atoms with Gasteiger partial charge in [-0.05, 0) is 18.2 Å². The molecule has 0 radical (unpaired) electrons. The van der Waals surface area contributed by atoms with Gasteiger partial charge in [0.05, 0.1) is 11.4 Å². The molecule has 0 spiro atoms. The molecule has 2 aromatic carbocycles. The van der Waals surface area contributed by atoms with Crippen molar-refractivity contribution in [2.75, 3.05) is 6.54 Å². The van der Waals surface area contributed by atoms with E-state index in [1.54, 1.807) is 0 Å². The highest BCUT2D eigenvalue weighted by Gasteiger charge is 2.22. The van der Waals surface area contributed by atoms with Crippen LogP contribution in [-0.2, 0) is 13.0 Å². The van der Waals surface area contributed by atoms with E-state index in [0.717, 1.165) is 25.3 Å². The Balaban J connectivity index is 1.62. The third kappa shape index (κ3) is 2.31. The van der Waals surface area contributed by atoms with Gasteiger partial charge in [-0.3, -0.25) is 0 Å². The topological polar surface area (TPSA) is 40.7 Å². The Morgan fingerprint density at radius 3 is 2.61 bits per heavy atom. The monoisotopic (exact) mass is 337 g/mol. The summed E-state index contributed by atoms with van der Waals surface area (Å²) in [6.07, 6.45) is 1.01. The molecule has 3 nitrogen and oxygen atoms in total. The Kier molecular flexibility index (Phi) is 3.25. The van der Waals surface area contributed by atoms with Gasteiger partial charge in [0.1, 0.15) is 5.82 Å². The minimum absolute atomic E-state index is 0.891. The number of aromatic nitrogens is 2. The number of nitrogens with zero attached hydrogens (tertiary/aromatic N) is 1. The third-order valence-electron chi connectivity index (χ3n) is 4.22. The number of benzene rings is 2. The molecule has 0 saturated carbocycles. The average molecular weight is 337 g/mol. The van der Waals surface area contributed by atoms with Crippen LogP contribution in [0.4, 0.5) is 0 Å². The van der Waals surface area contributed by atoms with Crippen LogP contribution in [0, 0.1) is 0 Å². The second-order valence-electron chi connectivity index (χ2n) is 5.72. The maximum atomic E-state index is 4.87. The molecule has 0 aliphatic carbocycles. The highest BCUT2D eigenvalue weighted by atomic mass is 32.2. The molecule has 0 bridgehead atoms. The summed E-state index contributed by atoms with van der Waals surface area (Å²) in [5.41, 5.74) is 3.66. The van der Waals surface area contributed by atoms with Crippen molar-refractivity contribution in [3.63, 3.8) is 0 Å². The predicted octanol–water partition coefficient (Wildman–Crippen LogP) is 4.34. The van der Waals surface area contributed by atoms with Crippen molar-refractivity contribution in [2.24, 2.45) is 0 Å². The first kappa shape index (κ1) is 13.7. The highest BCUT2D eigenvalue weighted by Crippen LogP contribution is 2.51. The molecule has 2 aliphatic heterocycles. The fraction of sp³-hybridized carbons (Fsp3) is 0.167. The normalized spacial score (nSPS) is 15.7. The third-order valence-corrected chi connectivity index (χ3v) is 6.83. The largest absolute Gasteiger partial charge is 0.341 e. The highest BCUT2D eigenvalue weighted by molar-refractivity contribution is 8.05. The van der Waals surface area contributed by atoms with Crippen LogP contribution < -0.4 is 5.32 Å². The van der Waals surface area contributed by atoms with E-state index >= 15 is 0 Å². The summed E-state index contributed by atoms with van der Waals surface area (Å²) in [4.78, 5) is 13.7. The Hall–Kier alpha value is -1.69. The minimum atomic E-state index is 0.891. The molecule has 3 aromatic rings. The molecule has 114 valence electrons. The van der Waals surface area contributed by atoms with Gasteiger partial charge in [0.15, 0.2) is 0 Å². The van der Waals surface area contributed by atoms with Gasteiger partial charge in [-0.1, -0.05) is 47.8 Å². The van der Waals surface area contributed by atoms with E-state index < -0.39 is 0 Å². The standard InChI is InChI=1S/C18H15N3S2/c1-2-6-15-14(5-1)22-16-7-3-4-11(17(16)23-15)18-20-12-8-9-19-10-13(12)21-18/h1-7,19H,8-10H2,(H,20,21).